The molecule has 2 aliphatic heterocycles. The third-order valence-electron chi connectivity index (χ3n) is 11.1. The fourth-order valence-corrected chi connectivity index (χ4v) is 11.1. The molecule has 0 aliphatic carbocycles. The number of sulfone groups is 2. The number of rotatable bonds is 33. The number of hydrogen-bond donors (Lipinski definition) is 7. The summed E-state index contributed by atoms with van der Waals surface area (Å²) in [5.74, 6) is -2.94. The number of carbonyl (C=O) groups excluding carboxylic acids is 2. The lowest BCUT2D eigenvalue weighted by molar-refractivity contribution is -0.359. The lowest BCUT2D eigenvalue weighted by atomic mass is 9.97. The molecule has 0 aromatic rings. The zero-order chi connectivity index (χ0) is 45.4. The number of carbonyl (C=O) groups is 2. The van der Waals surface area contributed by atoms with E-state index < -0.39 is 118 Å². The molecule has 2 heterocycles. The minimum atomic E-state index is -3.78. The van der Waals surface area contributed by atoms with Gasteiger partial charge in [-0.3, -0.25) is 9.59 Å². The molecule has 0 amide bonds. The summed E-state index contributed by atoms with van der Waals surface area (Å²) in [5.41, 5.74) is 0. The highest BCUT2D eigenvalue weighted by atomic mass is 32.2. The number of aliphatic hydroxyl groups is 7. The van der Waals surface area contributed by atoms with Crippen molar-refractivity contribution < 1.29 is 90.6 Å². The second kappa shape index (κ2) is 29.8. The van der Waals surface area contributed by atoms with Crippen LogP contribution in [0, 0.1) is 5.92 Å². The normalized spacial score (nSPS) is 27.3. The van der Waals surface area contributed by atoms with Crippen molar-refractivity contribution in [3.8, 4) is 0 Å². The second-order valence-corrected chi connectivity index (χ2v) is 20.7. The highest BCUT2D eigenvalue weighted by Crippen LogP contribution is 2.30. The molecule has 2 rings (SSSR count). The van der Waals surface area contributed by atoms with Crippen molar-refractivity contribution in [2.45, 2.75) is 177 Å². The molecular formula is C40H74O19S2. The van der Waals surface area contributed by atoms with Gasteiger partial charge in [0, 0.05) is 18.8 Å². The van der Waals surface area contributed by atoms with Gasteiger partial charge in [-0.15, -0.1) is 0 Å². The maximum atomic E-state index is 13.3. The second-order valence-electron chi connectivity index (χ2n) is 16.2. The molecule has 0 unspecified atom stereocenters. The Labute approximate surface area is 361 Å². The van der Waals surface area contributed by atoms with E-state index in [1.807, 2.05) is 0 Å². The van der Waals surface area contributed by atoms with E-state index in [9.17, 15) is 62.2 Å². The maximum absolute atomic E-state index is 13.3. The van der Waals surface area contributed by atoms with Gasteiger partial charge in [-0.25, -0.2) is 16.8 Å². The van der Waals surface area contributed by atoms with E-state index in [2.05, 4.69) is 9.47 Å². The van der Waals surface area contributed by atoms with E-state index in [1.54, 1.807) is 0 Å². The summed E-state index contributed by atoms with van der Waals surface area (Å²) in [7, 11) is -4.84. The van der Waals surface area contributed by atoms with Crippen molar-refractivity contribution >= 4 is 31.6 Å². The van der Waals surface area contributed by atoms with Crippen LogP contribution in [0.15, 0.2) is 0 Å². The Hall–Kier alpha value is -1.60. The van der Waals surface area contributed by atoms with Crippen molar-refractivity contribution in [3.05, 3.63) is 0 Å². The lowest BCUT2D eigenvalue weighted by Gasteiger charge is -2.46. The molecule has 19 nitrogen and oxygen atoms in total. The van der Waals surface area contributed by atoms with E-state index in [0.717, 1.165) is 77.0 Å². The van der Waals surface area contributed by atoms with Gasteiger partial charge in [0.05, 0.1) is 57.1 Å². The number of methoxy groups -OCH3 is 2. The van der Waals surface area contributed by atoms with E-state index in [0.29, 0.717) is 38.5 Å². The Bertz CT molecular complexity index is 1360. The minimum absolute atomic E-state index is 0.170. The molecule has 0 bridgehead atoms. The zero-order valence-corrected chi connectivity index (χ0v) is 37.5. The largest absolute Gasteiger partial charge is 0.469 e. The summed E-state index contributed by atoms with van der Waals surface area (Å²) in [6, 6.07) is 0. The Balaban J connectivity index is 1.99. The zero-order valence-electron chi connectivity index (χ0n) is 35.9. The first kappa shape index (κ1) is 55.5. The Morgan fingerprint density at radius 1 is 0.525 bits per heavy atom. The van der Waals surface area contributed by atoms with Crippen molar-refractivity contribution in [1.82, 2.24) is 0 Å². The van der Waals surface area contributed by atoms with E-state index in [4.69, 9.17) is 18.9 Å². The smallest absolute Gasteiger partial charge is 0.305 e. The van der Waals surface area contributed by atoms with Crippen LogP contribution in [0.2, 0.25) is 0 Å². The standard InChI is InChI=1S/C40H74O19S2/c1-54-31(43)19-15-11-7-3-5-9-13-17-21-60(50,51)26-28(27-61(52,53)22-18-14-10-6-4-8-12-16-20-32(44)55-2)25-56-39-37(49)35(47)38(30(24-42)58-39)59-40-36(48)34(46)33(45)29(23-41)57-40/h28-30,33-42,45-49H,3-27H2,1-2H3/t29-,30-,33+,34+,35-,36-,37-,38-,39+,40+/m1/s1. The summed E-state index contributed by atoms with van der Waals surface area (Å²) in [6.45, 7) is -2.08. The lowest BCUT2D eigenvalue weighted by Crippen LogP contribution is -2.64. The molecule has 7 N–H and O–H groups in total. The molecule has 0 radical (unpaired) electrons. The fourth-order valence-electron chi connectivity index (χ4n) is 7.46. The van der Waals surface area contributed by atoms with Gasteiger partial charge in [-0.1, -0.05) is 77.0 Å². The Morgan fingerprint density at radius 3 is 1.34 bits per heavy atom. The molecule has 2 aliphatic rings. The van der Waals surface area contributed by atoms with E-state index in [-0.39, 0.29) is 23.4 Å². The van der Waals surface area contributed by atoms with Crippen LogP contribution in [0.1, 0.15) is 116 Å². The molecule has 0 saturated carbocycles. The summed E-state index contributed by atoms with van der Waals surface area (Å²) in [5, 5.41) is 72.2. The molecule has 2 saturated heterocycles. The van der Waals surface area contributed by atoms with Crippen LogP contribution in [0.3, 0.4) is 0 Å². The summed E-state index contributed by atoms with van der Waals surface area (Å²) in [4.78, 5) is 22.5. The van der Waals surface area contributed by atoms with Gasteiger partial charge in [0.15, 0.2) is 32.3 Å². The van der Waals surface area contributed by atoms with Crippen LogP contribution in [0.4, 0.5) is 0 Å². The van der Waals surface area contributed by atoms with Gasteiger partial charge < -0.3 is 64.2 Å². The maximum Gasteiger partial charge on any atom is 0.305 e. The molecular weight excluding hydrogens is 849 g/mol. The minimum Gasteiger partial charge on any atom is -0.469 e. The molecule has 360 valence electrons. The van der Waals surface area contributed by atoms with Crippen molar-refractivity contribution in [2.75, 3.05) is 57.1 Å². The Kier molecular flexibility index (Phi) is 27.1. The number of hydrogen-bond acceptors (Lipinski definition) is 19. The van der Waals surface area contributed by atoms with Crippen LogP contribution in [-0.2, 0) is 57.7 Å². The third-order valence-corrected chi connectivity index (χ3v) is 14.8. The topological polar surface area (TPSA) is 299 Å². The Morgan fingerprint density at radius 2 is 0.918 bits per heavy atom. The van der Waals surface area contributed by atoms with Gasteiger partial charge in [0.2, 0.25) is 0 Å². The molecule has 0 aromatic carbocycles. The summed E-state index contributed by atoms with van der Waals surface area (Å²) >= 11 is 0. The first-order valence-electron chi connectivity index (χ1n) is 21.7. The van der Waals surface area contributed by atoms with Gasteiger partial charge >= 0.3 is 11.9 Å². The number of aliphatic hydroxyl groups excluding tert-OH is 7. The monoisotopic (exact) mass is 922 g/mol. The number of ether oxygens (including phenoxy) is 6. The first-order valence-corrected chi connectivity index (χ1v) is 25.4. The SMILES string of the molecule is COC(=O)CCCCCCCCCCS(=O)(=O)CC(CO[C@H]1O[C@H](CO)[C@@H](O[C@@H]2O[C@H](CO)[C@H](O)[C@H](O)[C@H]2O)[C@H](O)[C@H]1O)CS(=O)(=O)CCCCCCCCCCC(=O)OC. The van der Waals surface area contributed by atoms with Crippen LogP contribution in [-0.4, -0.2) is 183 Å². The number of esters is 2. The summed E-state index contributed by atoms with van der Waals surface area (Å²) in [6.07, 6.45) is -3.49. The average Bonchev–Trinajstić information content (AvgIpc) is 3.22. The quantitative estimate of drug-likeness (QED) is 0.0347. The fraction of sp³-hybridized carbons (Fsp3) is 0.950. The van der Waals surface area contributed by atoms with Crippen LogP contribution in [0.25, 0.3) is 0 Å². The van der Waals surface area contributed by atoms with Crippen LogP contribution >= 0.6 is 0 Å². The first-order chi connectivity index (χ1) is 29.0. The molecule has 61 heavy (non-hydrogen) atoms. The third kappa shape index (κ3) is 21.3. The van der Waals surface area contributed by atoms with Gasteiger partial charge in [-0.05, 0) is 25.7 Å². The van der Waals surface area contributed by atoms with Crippen molar-refractivity contribution in [3.63, 3.8) is 0 Å². The molecule has 0 spiro atoms. The van der Waals surface area contributed by atoms with Gasteiger partial charge in [-0.2, -0.15) is 0 Å². The average molecular weight is 923 g/mol. The highest BCUT2D eigenvalue weighted by molar-refractivity contribution is 7.92. The van der Waals surface area contributed by atoms with Gasteiger partial charge in [0.25, 0.3) is 0 Å². The molecule has 0 aromatic heterocycles. The van der Waals surface area contributed by atoms with E-state index >= 15 is 0 Å². The van der Waals surface area contributed by atoms with Gasteiger partial charge in [0.1, 0.15) is 48.8 Å². The van der Waals surface area contributed by atoms with Crippen molar-refractivity contribution in [2.24, 2.45) is 5.92 Å². The predicted octanol–water partition coefficient (Wildman–Crippen LogP) is 0.441. The highest BCUT2D eigenvalue weighted by Gasteiger charge is 2.51. The van der Waals surface area contributed by atoms with Crippen molar-refractivity contribution in [1.29, 1.82) is 0 Å². The van der Waals surface area contributed by atoms with E-state index in [1.165, 1.54) is 14.2 Å². The number of unbranched alkanes of at least 4 members (excludes halogenated alkanes) is 14. The van der Waals surface area contributed by atoms with Crippen LogP contribution in [0.5, 0.6) is 0 Å². The molecule has 10 atom stereocenters. The van der Waals surface area contributed by atoms with Crippen LogP contribution < -0.4 is 0 Å². The predicted molar refractivity (Wildman–Crippen MR) is 220 cm³/mol. The molecule has 2 fully saturated rings. The molecule has 21 heteroatoms. The summed E-state index contributed by atoms with van der Waals surface area (Å²) < 4.78 is 85.0.